The second-order valence-corrected chi connectivity index (χ2v) is 5.80. The number of aromatic nitrogens is 1. The monoisotopic (exact) mass is 316 g/mol. The van der Waals surface area contributed by atoms with Crippen molar-refractivity contribution in [3.63, 3.8) is 0 Å². The molecule has 1 aliphatic carbocycles. The van der Waals surface area contributed by atoms with Crippen LogP contribution in [0.4, 0.5) is 5.88 Å². The number of carbonyl (C=O) groups is 1. The third-order valence-electron chi connectivity index (χ3n) is 3.98. The molecular formula is C17H20N2O4. The van der Waals surface area contributed by atoms with Crippen molar-refractivity contribution < 1.29 is 18.8 Å². The quantitative estimate of drug-likeness (QED) is 0.918. The van der Waals surface area contributed by atoms with E-state index in [1.807, 2.05) is 0 Å². The molecule has 6 heteroatoms. The van der Waals surface area contributed by atoms with Crippen molar-refractivity contribution in [2.24, 2.45) is 5.92 Å². The summed E-state index contributed by atoms with van der Waals surface area (Å²) in [5.41, 5.74) is 1.97. The fraction of sp³-hybridized carbons (Fsp3) is 0.412. The zero-order valence-electron chi connectivity index (χ0n) is 13.3. The molecule has 1 aromatic heterocycles. The summed E-state index contributed by atoms with van der Waals surface area (Å²) in [7, 11) is 1.60. The van der Waals surface area contributed by atoms with Gasteiger partial charge in [-0.05, 0) is 49.4 Å². The van der Waals surface area contributed by atoms with Gasteiger partial charge in [0.15, 0.2) is 6.61 Å². The molecule has 122 valence electrons. The first-order valence-corrected chi connectivity index (χ1v) is 7.70. The van der Waals surface area contributed by atoms with Gasteiger partial charge in [0.1, 0.15) is 11.5 Å². The first kappa shape index (κ1) is 15.4. The fourth-order valence-corrected chi connectivity index (χ4v) is 2.66. The topological polar surface area (TPSA) is 73.6 Å². The van der Waals surface area contributed by atoms with Crippen molar-refractivity contribution in [1.29, 1.82) is 0 Å². The molecule has 0 saturated heterocycles. The number of fused-ring (bicyclic) bond motifs is 1. The Morgan fingerprint density at radius 2 is 2.09 bits per heavy atom. The zero-order valence-corrected chi connectivity index (χ0v) is 13.3. The Balaban J connectivity index is 1.56. The number of methoxy groups -OCH3 is 1. The van der Waals surface area contributed by atoms with Crippen LogP contribution in [0.15, 0.2) is 28.8 Å². The Morgan fingerprint density at radius 1 is 1.35 bits per heavy atom. The number of carbonyl (C=O) groups excluding carboxylic acids is 1. The highest BCUT2D eigenvalue weighted by Crippen LogP contribution is 2.30. The number of hydrogen-bond acceptors (Lipinski definition) is 5. The molecule has 0 spiro atoms. The first-order valence-electron chi connectivity index (χ1n) is 7.70. The number of amides is 1. The van der Waals surface area contributed by atoms with E-state index in [1.165, 1.54) is 0 Å². The van der Waals surface area contributed by atoms with Crippen LogP contribution in [0.1, 0.15) is 24.6 Å². The Kier molecular flexibility index (Phi) is 4.50. The highest BCUT2D eigenvalue weighted by atomic mass is 16.5. The van der Waals surface area contributed by atoms with Crippen molar-refractivity contribution >= 4 is 11.8 Å². The molecule has 23 heavy (non-hydrogen) atoms. The van der Waals surface area contributed by atoms with E-state index >= 15 is 0 Å². The van der Waals surface area contributed by atoms with Crippen LogP contribution in [0.2, 0.25) is 0 Å². The van der Waals surface area contributed by atoms with E-state index in [0.717, 1.165) is 36.3 Å². The van der Waals surface area contributed by atoms with Gasteiger partial charge in [-0.2, -0.15) is 0 Å². The van der Waals surface area contributed by atoms with Crippen LogP contribution in [0.3, 0.4) is 0 Å². The molecule has 0 radical (unpaired) electrons. The molecule has 1 amide bonds. The molecule has 1 heterocycles. The summed E-state index contributed by atoms with van der Waals surface area (Å²) >= 11 is 0. The summed E-state index contributed by atoms with van der Waals surface area (Å²) in [5, 5.41) is 6.78. The number of nitrogens with zero attached hydrogens (tertiary/aromatic N) is 1. The molecule has 0 saturated carbocycles. The van der Waals surface area contributed by atoms with E-state index in [0.29, 0.717) is 17.6 Å². The number of aryl methyl sites for hydroxylation is 1. The standard InChI is InChI=1S/C17H20N2O4/c1-11-3-8-15-14(9-11)17(23-19-15)18-16(20)10-22-13-6-4-12(21-2)5-7-13/h4-7,11H,3,8-10H2,1-2H3,(H,18,20)/t11-/m1/s1. The normalized spacial score (nSPS) is 16.5. The van der Waals surface area contributed by atoms with Gasteiger partial charge in [-0.25, -0.2) is 0 Å². The molecule has 2 aromatic rings. The number of ether oxygens (including phenoxy) is 2. The second-order valence-electron chi connectivity index (χ2n) is 5.80. The lowest BCUT2D eigenvalue weighted by Gasteiger charge is -2.16. The average molecular weight is 316 g/mol. The molecule has 3 rings (SSSR count). The van der Waals surface area contributed by atoms with Gasteiger partial charge in [0.05, 0.1) is 12.8 Å². The molecule has 6 nitrogen and oxygen atoms in total. The van der Waals surface area contributed by atoms with Gasteiger partial charge >= 0.3 is 0 Å². The van der Waals surface area contributed by atoms with Crippen LogP contribution in [-0.4, -0.2) is 24.8 Å². The maximum Gasteiger partial charge on any atom is 0.264 e. The van der Waals surface area contributed by atoms with E-state index in [1.54, 1.807) is 31.4 Å². The summed E-state index contributed by atoms with van der Waals surface area (Å²) in [4.78, 5) is 12.0. The largest absolute Gasteiger partial charge is 0.497 e. The van der Waals surface area contributed by atoms with Crippen molar-refractivity contribution in [3.8, 4) is 11.5 Å². The van der Waals surface area contributed by atoms with E-state index in [4.69, 9.17) is 14.0 Å². The number of hydrogen-bond donors (Lipinski definition) is 1. The molecule has 1 aromatic carbocycles. The van der Waals surface area contributed by atoms with Crippen molar-refractivity contribution in [3.05, 3.63) is 35.5 Å². The van der Waals surface area contributed by atoms with Crippen LogP contribution in [0.25, 0.3) is 0 Å². The van der Waals surface area contributed by atoms with Crippen molar-refractivity contribution in [2.75, 3.05) is 19.0 Å². The van der Waals surface area contributed by atoms with Gasteiger partial charge in [0.25, 0.3) is 5.91 Å². The van der Waals surface area contributed by atoms with Gasteiger partial charge in [-0.3, -0.25) is 10.1 Å². The molecule has 1 aliphatic rings. The molecule has 0 fully saturated rings. The molecule has 0 unspecified atom stereocenters. The van der Waals surface area contributed by atoms with Gasteiger partial charge in [0, 0.05) is 5.56 Å². The molecular weight excluding hydrogens is 296 g/mol. The Morgan fingerprint density at radius 3 is 2.83 bits per heavy atom. The predicted molar refractivity (Wildman–Crippen MR) is 84.8 cm³/mol. The van der Waals surface area contributed by atoms with E-state index in [2.05, 4.69) is 17.4 Å². The lowest BCUT2D eigenvalue weighted by Crippen LogP contribution is -2.21. The number of nitrogens with one attached hydrogen (secondary N) is 1. The smallest absolute Gasteiger partial charge is 0.264 e. The summed E-state index contributed by atoms with van der Waals surface area (Å²) in [6.45, 7) is 2.10. The second kappa shape index (κ2) is 6.73. The number of anilines is 1. The maximum absolute atomic E-state index is 12.0. The average Bonchev–Trinajstić information content (AvgIpc) is 2.95. The number of benzene rings is 1. The summed E-state index contributed by atoms with van der Waals surface area (Å²) < 4.78 is 15.8. The van der Waals surface area contributed by atoms with Crippen molar-refractivity contribution in [2.45, 2.75) is 26.2 Å². The third-order valence-corrected chi connectivity index (χ3v) is 3.98. The summed E-state index contributed by atoms with van der Waals surface area (Å²) in [5.74, 6) is 2.11. The van der Waals surface area contributed by atoms with Gasteiger partial charge < -0.3 is 14.0 Å². The van der Waals surface area contributed by atoms with Crippen LogP contribution in [0, 0.1) is 5.92 Å². The van der Waals surface area contributed by atoms with Crippen molar-refractivity contribution in [1.82, 2.24) is 5.16 Å². The van der Waals surface area contributed by atoms with E-state index in [9.17, 15) is 4.79 Å². The summed E-state index contributed by atoms with van der Waals surface area (Å²) in [6, 6.07) is 7.07. The van der Waals surface area contributed by atoms with Gasteiger partial charge in [0.2, 0.25) is 5.88 Å². The Bertz CT molecular complexity index is 678. The van der Waals surface area contributed by atoms with E-state index in [-0.39, 0.29) is 12.5 Å². The van der Waals surface area contributed by atoms with Crippen LogP contribution >= 0.6 is 0 Å². The SMILES string of the molecule is COc1ccc(OCC(=O)Nc2onc3c2C[C@H](C)CC3)cc1. The van der Waals surface area contributed by atoms with Crippen LogP contribution < -0.4 is 14.8 Å². The molecule has 1 N–H and O–H groups in total. The molecule has 0 aliphatic heterocycles. The highest BCUT2D eigenvalue weighted by Gasteiger charge is 2.24. The highest BCUT2D eigenvalue weighted by molar-refractivity contribution is 5.91. The lowest BCUT2D eigenvalue weighted by molar-refractivity contribution is -0.118. The maximum atomic E-state index is 12.0. The van der Waals surface area contributed by atoms with Gasteiger partial charge in [-0.15, -0.1) is 0 Å². The van der Waals surface area contributed by atoms with Crippen LogP contribution in [-0.2, 0) is 17.6 Å². The third kappa shape index (κ3) is 3.64. The Labute approximate surface area is 134 Å². The molecule has 0 bridgehead atoms. The minimum absolute atomic E-state index is 0.0860. The predicted octanol–water partition coefficient (Wildman–Crippen LogP) is 2.83. The first-order chi connectivity index (χ1) is 11.2. The minimum atomic E-state index is -0.266. The van der Waals surface area contributed by atoms with Gasteiger partial charge in [-0.1, -0.05) is 12.1 Å². The Hall–Kier alpha value is -2.50. The lowest BCUT2D eigenvalue weighted by atomic mass is 9.89. The van der Waals surface area contributed by atoms with Crippen LogP contribution in [0.5, 0.6) is 11.5 Å². The molecule has 1 atom stereocenters. The minimum Gasteiger partial charge on any atom is -0.497 e. The zero-order chi connectivity index (χ0) is 16.2. The fourth-order valence-electron chi connectivity index (χ4n) is 2.66. The summed E-state index contributed by atoms with van der Waals surface area (Å²) in [6.07, 6.45) is 2.89. The number of rotatable bonds is 5. The van der Waals surface area contributed by atoms with E-state index < -0.39 is 0 Å².